The smallest absolute Gasteiger partial charge is 0.258 e. The van der Waals surface area contributed by atoms with Crippen LogP contribution in [0.3, 0.4) is 0 Å². The first-order valence-electron chi connectivity index (χ1n) is 9.01. The molecule has 2 aromatic heterocycles. The molecule has 2 N–H and O–H groups in total. The van der Waals surface area contributed by atoms with E-state index in [1.165, 1.54) is 11.3 Å². The second kappa shape index (κ2) is 7.34. The molecule has 1 fully saturated rings. The lowest BCUT2D eigenvalue weighted by Gasteiger charge is -2.42. The Kier molecular flexibility index (Phi) is 5.13. The van der Waals surface area contributed by atoms with Crippen molar-refractivity contribution in [2.75, 3.05) is 12.9 Å². The van der Waals surface area contributed by atoms with Gasteiger partial charge in [-0.05, 0) is 51.1 Å². The van der Waals surface area contributed by atoms with E-state index in [0.29, 0.717) is 22.6 Å². The van der Waals surface area contributed by atoms with E-state index in [4.69, 9.17) is 26.2 Å². The standard InChI is InChI=1S/C20H21ClN4O2S2/c1-19(2)18(22)23-20(3,10-28-19)15-13(21)9-14(29-15)17-25-24-16(27-17)11-5-7-12(26-4)8-6-11/h5-9H,10H2,1-4H3,(H2,22,23)/t20-/m0/s1. The number of halogens is 1. The Balaban J connectivity index is 1.62. The summed E-state index contributed by atoms with van der Waals surface area (Å²) in [6, 6.07) is 9.31. The van der Waals surface area contributed by atoms with Crippen LogP contribution in [-0.2, 0) is 5.54 Å². The molecule has 29 heavy (non-hydrogen) atoms. The summed E-state index contributed by atoms with van der Waals surface area (Å²) < 4.78 is 10.8. The van der Waals surface area contributed by atoms with Gasteiger partial charge in [-0.2, -0.15) is 0 Å². The molecule has 0 unspecified atom stereocenters. The summed E-state index contributed by atoms with van der Waals surface area (Å²) in [5.41, 5.74) is 0.399. The number of aromatic nitrogens is 2. The first-order chi connectivity index (χ1) is 13.7. The molecule has 1 atom stereocenters. The van der Waals surface area contributed by atoms with Crippen molar-refractivity contribution >= 4 is 40.5 Å². The Hall–Kier alpha value is -2.03. The van der Waals surface area contributed by atoms with Crippen LogP contribution in [0.15, 0.2) is 34.7 Å². The third-order valence-corrected chi connectivity index (χ3v) is 8.33. The highest BCUT2D eigenvalue weighted by Gasteiger charge is 2.42. The van der Waals surface area contributed by atoms with E-state index in [1.54, 1.807) is 18.9 Å². The lowest BCUT2D eigenvalue weighted by atomic mass is 10.00. The lowest BCUT2D eigenvalue weighted by Crippen LogP contribution is -2.56. The second-order valence-corrected chi connectivity index (χ2v) is 10.6. The average Bonchev–Trinajstić information content (AvgIpc) is 3.33. The molecule has 1 aromatic carbocycles. The molecular weight excluding hydrogens is 428 g/mol. The van der Waals surface area contributed by atoms with Crippen molar-refractivity contribution in [3.05, 3.63) is 40.2 Å². The van der Waals surface area contributed by atoms with E-state index >= 15 is 0 Å². The largest absolute Gasteiger partial charge is 0.497 e. The minimum atomic E-state index is -0.421. The number of thiophene rings is 1. The molecule has 1 aliphatic rings. The van der Waals surface area contributed by atoms with E-state index in [2.05, 4.69) is 22.4 Å². The van der Waals surface area contributed by atoms with Crippen LogP contribution in [0.1, 0.15) is 25.6 Å². The fourth-order valence-electron chi connectivity index (χ4n) is 3.01. The van der Waals surface area contributed by atoms with E-state index in [1.807, 2.05) is 44.2 Å². The summed E-state index contributed by atoms with van der Waals surface area (Å²) in [5.74, 6) is 2.94. The van der Waals surface area contributed by atoms with Gasteiger partial charge in [0.2, 0.25) is 5.89 Å². The van der Waals surface area contributed by atoms with Gasteiger partial charge in [0, 0.05) is 16.2 Å². The van der Waals surface area contributed by atoms with Gasteiger partial charge < -0.3 is 14.5 Å². The van der Waals surface area contributed by atoms with Crippen molar-refractivity contribution in [2.45, 2.75) is 31.1 Å². The lowest BCUT2D eigenvalue weighted by molar-refractivity contribution is 0.415. The number of rotatable bonds is 4. The molecule has 0 spiro atoms. The van der Waals surface area contributed by atoms with E-state index in [-0.39, 0.29) is 4.75 Å². The predicted molar refractivity (Wildman–Crippen MR) is 119 cm³/mol. The molecule has 0 saturated carbocycles. The highest BCUT2D eigenvalue weighted by atomic mass is 35.5. The summed E-state index contributed by atoms with van der Waals surface area (Å²) in [5, 5.41) is 20.7. The molecule has 9 heteroatoms. The van der Waals surface area contributed by atoms with Crippen LogP contribution in [-0.4, -0.2) is 33.6 Å². The Morgan fingerprint density at radius 3 is 2.52 bits per heavy atom. The summed E-state index contributed by atoms with van der Waals surface area (Å²) in [4.78, 5) is 1.77. The summed E-state index contributed by atoms with van der Waals surface area (Å²) in [6.45, 7) is 6.17. The maximum atomic E-state index is 8.35. The molecule has 152 valence electrons. The SMILES string of the molecule is COc1ccc(-c2nnc(-c3cc(Cl)c([C@]4(C)CSC(C)(C)C(=N)N4)s3)o2)cc1. The molecular formula is C20H21ClN4O2S2. The molecule has 1 aliphatic heterocycles. The van der Waals surface area contributed by atoms with Crippen LogP contribution in [0.4, 0.5) is 0 Å². The van der Waals surface area contributed by atoms with Gasteiger partial charge in [-0.25, -0.2) is 0 Å². The molecule has 0 bridgehead atoms. The van der Waals surface area contributed by atoms with Crippen LogP contribution in [0.25, 0.3) is 22.2 Å². The number of nitrogens with one attached hydrogen (secondary N) is 2. The zero-order valence-corrected chi connectivity index (χ0v) is 18.9. The van der Waals surface area contributed by atoms with Gasteiger partial charge in [0.15, 0.2) is 0 Å². The molecule has 3 heterocycles. The third-order valence-electron chi connectivity index (χ3n) is 4.89. The first-order valence-corrected chi connectivity index (χ1v) is 11.2. The summed E-state index contributed by atoms with van der Waals surface area (Å²) in [6.07, 6.45) is 0. The first kappa shape index (κ1) is 20.3. The molecule has 1 saturated heterocycles. The number of hydrogen-bond acceptors (Lipinski definition) is 7. The predicted octanol–water partition coefficient (Wildman–Crippen LogP) is 5.43. The number of thioether (sulfide) groups is 1. The van der Waals surface area contributed by atoms with Gasteiger partial charge in [-0.1, -0.05) is 11.6 Å². The minimum absolute atomic E-state index is 0.230. The van der Waals surface area contributed by atoms with Crippen LogP contribution in [0.5, 0.6) is 5.75 Å². The Morgan fingerprint density at radius 1 is 1.17 bits per heavy atom. The maximum absolute atomic E-state index is 8.35. The Labute approximate surface area is 182 Å². The fourth-order valence-corrected chi connectivity index (χ4v) is 5.73. The summed E-state index contributed by atoms with van der Waals surface area (Å²) >= 11 is 9.84. The normalized spacial score (nSPS) is 21.1. The number of methoxy groups -OCH3 is 1. The highest BCUT2D eigenvalue weighted by Crippen LogP contribution is 2.45. The molecule has 0 aliphatic carbocycles. The van der Waals surface area contributed by atoms with Crippen LogP contribution in [0, 0.1) is 5.41 Å². The van der Waals surface area contributed by atoms with E-state index in [0.717, 1.165) is 26.8 Å². The number of ether oxygens (including phenoxy) is 1. The van der Waals surface area contributed by atoms with Gasteiger partial charge in [-0.3, -0.25) is 5.41 Å². The quantitative estimate of drug-likeness (QED) is 0.553. The van der Waals surface area contributed by atoms with Crippen molar-refractivity contribution < 1.29 is 9.15 Å². The number of hydrogen-bond donors (Lipinski definition) is 2. The number of nitrogens with zero attached hydrogens (tertiary/aromatic N) is 2. The van der Waals surface area contributed by atoms with Crippen molar-refractivity contribution in [2.24, 2.45) is 0 Å². The van der Waals surface area contributed by atoms with Gasteiger partial charge in [0.1, 0.15) is 11.6 Å². The van der Waals surface area contributed by atoms with Crippen LogP contribution >= 0.6 is 34.7 Å². The van der Waals surface area contributed by atoms with Crippen molar-refractivity contribution in [1.29, 1.82) is 5.41 Å². The second-order valence-electron chi connectivity index (χ2n) is 7.56. The Bertz CT molecular complexity index is 1060. The van der Waals surface area contributed by atoms with Crippen LogP contribution < -0.4 is 10.1 Å². The van der Waals surface area contributed by atoms with Gasteiger partial charge in [0.05, 0.1) is 27.3 Å². The molecule has 6 nitrogen and oxygen atoms in total. The van der Waals surface area contributed by atoms with E-state index < -0.39 is 5.54 Å². The maximum Gasteiger partial charge on any atom is 0.258 e. The zero-order valence-electron chi connectivity index (χ0n) is 16.5. The van der Waals surface area contributed by atoms with Crippen molar-refractivity contribution in [1.82, 2.24) is 15.5 Å². The fraction of sp³-hybridized carbons (Fsp3) is 0.350. The average molecular weight is 449 g/mol. The molecule has 4 rings (SSSR count). The highest BCUT2D eigenvalue weighted by molar-refractivity contribution is 8.01. The van der Waals surface area contributed by atoms with Gasteiger partial charge in [-0.15, -0.1) is 33.3 Å². The minimum Gasteiger partial charge on any atom is -0.497 e. The van der Waals surface area contributed by atoms with E-state index in [9.17, 15) is 0 Å². The number of amidine groups is 1. The van der Waals surface area contributed by atoms with Gasteiger partial charge >= 0.3 is 0 Å². The van der Waals surface area contributed by atoms with Crippen molar-refractivity contribution in [3.8, 4) is 28.0 Å². The van der Waals surface area contributed by atoms with Crippen LogP contribution in [0.2, 0.25) is 5.02 Å². The Morgan fingerprint density at radius 2 is 1.86 bits per heavy atom. The molecule has 3 aromatic rings. The topological polar surface area (TPSA) is 84.0 Å². The monoisotopic (exact) mass is 448 g/mol. The van der Waals surface area contributed by atoms with Gasteiger partial charge in [0.25, 0.3) is 5.89 Å². The zero-order chi connectivity index (χ0) is 20.8. The molecule has 0 amide bonds. The summed E-state index contributed by atoms with van der Waals surface area (Å²) in [7, 11) is 1.63. The molecule has 0 radical (unpaired) electrons. The van der Waals surface area contributed by atoms with Crippen molar-refractivity contribution in [3.63, 3.8) is 0 Å². The number of benzene rings is 1. The third kappa shape index (κ3) is 3.76.